The Bertz CT molecular complexity index is 935. The van der Waals surface area contributed by atoms with Crippen LogP contribution in [0.2, 0.25) is 0 Å². The molecule has 1 spiro atoms. The molecule has 2 aliphatic heterocycles. The molecule has 0 saturated carbocycles. The molecule has 0 aromatic heterocycles. The fourth-order valence-corrected chi connectivity index (χ4v) is 5.23. The van der Waals surface area contributed by atoms with Crippen molar-refractivity contribution in [3.63, 3.8) is 0 Å². The van der Waals surface area contributed by atoms with Crippen LogP contribution in [-0.4, -0.2) is 60.4 Å². The maximum atomic E-state index is 13.0. The Kier molecular flexibility index (Phi) is 7.04. The van der Waals surface area contributed by atoms with Gasteiger partial charge in [-0.2, -0.15) is 0 Å². The Morgan fingerprint density at radius 2 is 2.00 bits per heavy atom. The van der Waals surface area contributed by atoms with E-state index in [-0.39, 0.29) is 18.5 Å². The second-order valence-corrected chi connectivity index (χ2v) is 9.56. The first-order valence-electron chi connectivity index (χ1n) is 11.8. The topological polar surface area (TPSA) is 117 Å². The van der Waals surface area contributed by atoms with Crippen LogP contribution in [0.3, 0.4) is 0 Å². The number of urea groups is 1. The summed E-state index contributed by atoms with van der Waals surface area (Å²) in [7, 11) is 1.56. The molecular formula is C24H36N6O3. The molecule has 1 aromatic carbocycles. The molecule has 1 aliphatic carbocycles. The molecule has 2 atom stereocenters. The third-order valence-electron chi connectivity index (χ3n) is 7.26. The van der Waals surface area contributed by atoms with E-state index < -0.39 is 11.8 Å². The Labute approximate surface area is 195 Å². The summed E-state index contributed by atoms with van der Waals surface area (Å²) in [5, 5.41) is 5.27. The molecule has 2 heterocycles. The number of methoxy groups -OCH3 is 1. The number of nitrogens with one attached hydrogen (secondary N) is 1. The predicted molar refractivity (Wildman–Crippen MR) is 127 cm³/mol. The summed E-state index contributed by atoms with van der Waals surface area (Å²) in [6, 6.07) is 5.40. The van der Waals surface area contributed by atoms with Gasteiger partial charge in [0.1, 0.15) is 5.54 Å². The Balaban J connectivity index is 1.45. The largest absolute Gasteiger partial charge is 0.359 e. The SMILES string of the molecule is COC1NC(=O)N(N)C12Cc1ccc(N(N)C(=O)CN3C/C=C(/C)CCCCCC3)cc1C2. The monoisotopic (exact) mass is 456 g/mol. The molecule has 1 aromatic rings. The maximum Gasteiger partial charge on any atom is 0.334 e. The van der Waals surface area contributed by atoms with Gasteiger partial charge >= 0.3 is 6.03 Å². The molecule has 3 amide bonds. The van der Waals surface area contributed by atoms with Crippen molar-refractivity contribution in [2.24, 2.45) is 11.7 Å². The molecule has 5 N–H and O–H groups in total. The number of allylic oxidation sites excluding steroid dienone is 1. The number of hydrogen-bond donors (Lipinski definition) is 3. The van der Waals surface area contributed by atoms with Gasteiger partial charge in [0.2, 0.25) is 0 Å². The normalized spacial score (nSPS) is 27.8. The summed E-state index contributed by atoms with van der Waals surface area (Å²) < 4.78 is 5.51. The van der Waals surface area contributed by atoms with E-state index in [1.165, 1.54) is 34.9 Å². The third-order valence-corrected chi connectivity index (χ3v) is 7.26. The number of fused-ring (bicyclic) bond motifs is 1. The van der Waals surface area contributed by atoms with Crippen LogP contribution in [-0.2, 0) is 22.4 Å². The van der Waals surface area contributed by atoms with Crippen LogP contribution in [0.4, 0.5) is 10.5 Å². The number of carbonyl (C=O) groups excluding carboxylic acids is 2. The zero-order valence-corrected chi connectivity index (χ0v) is 19.7. The molecule has 33 heavy (non-hydrogen) atoms. The number of nitrogens with two attached hydrogens (primary N) is 2. The second kappa shape index (κ2) is 9.80. The smallest absolute Gasteiger partial charge is 0.334 e. The quantitative estimate of drug-likeness (QED) is 0.275. The molecule has 1 saturated heterocycles. The molecule has 180 valence electrons. The van der Waals surface area contributed by atoms with Crippen LogP contribution in [0.5, 0.6) is 0 Å². The highest BCUT2D eigenvalue weighted by Crippen LogP contribution is 2.40. The minimum atomic E-state index is -0.678. The average molecular weight is 457 g/mol. The number of benzene rings is 1. The van der Waals surface area contributed by atoms with Gasteiger partial charge in [-0.05, 0) is 56.0 Å². The molecule has 9 heteroatoms. The number of rotatable bonds is 4. The standard InChI is InChI=1S/C24H36N6O3/c1-17-7-5-3-4-6-11-28(12-10-17)16-21(31)29(25)20-9-8-18-14-24(15-19(18)13-20)22(33-2)27-23(32)30(24)26/h8-10,13,22H,3-7,11-12,14-16,25-26H2,1-2H3,(H,27,32)/b17-10-. The minimum Gasteiger partial charge on any atom is -0.359 e. The number of carbonyl (C=O) groups is 2. The summed E-state index contributed by atoms with van der Waals surface area (Å²) in [4.78, 5) is 27.3. The Morgan fingerprint density at radius 3 is 2.79 bits per heavy atom. The summed E-state index contributed by atoms with van der Waals surface area (Å²) in [5.41, 5.74) is 3.43. The van der Waals surface area contributed by atoms with Crippen LogP contribution in [0.1, 0.15) is 50.2 Å². The Morgan fingerprint density at radius 1 is 1.24 bits per heavy atom. The van der Waals surface area contributed by atoms with Crippen LogP contribution in [0, 0.1) is 0 Å². The van der Waals surface area contributed by atoms with Crippen molar-refractivity contribution in [2.45, 2.75) is 63.6 Å². The van der Waals surface area contributed by atoms with Gasteiger partial charge in [-0.1, -0.05) is 30.6 Å². The summed E-state index contributed by atoms with van der Waals surface area (Å²) in [6.45, 7) is 4.10. The number of amides is 3. The highest BCUT2D eigenvalue weighted by Gasteiger charge is 2.55. The van der Waals surface area contributed by atoms with E-state index >= 15 is 0 Å². The maximum absolute atomic E-state index is 13.0. The van der Waals surface area contributed by atoms with Crippen molar-refractivity contribution in [1.82, 2.24) is 15.2 Å². The lowest BCUT2D eigenvalue weighted by Gasteiger charge is -2.33. The van der Waals surface area contributed by atoms with E-state index in [9.17, 15) is 9.59 Å². The van der Waals surface area contributed by atoms with Gasteiger partial charge in [-0.3, -0.25) is 14.7 Å². The number of nitrogens with zero attached hydrogens (tertiary/aromatic N) is 3. The lowest BCUT2D eigenvalue weighted by atomic mass is 9.94. The third kappa shape index (κ3) is 4.77. The number of hydrazine groups is 2. The van der Waals surface area contributed by atoms with Crippen LogP contribution < -0.4 is 22.0 Å². The van der Waals surface area contributed by atoms with Crippen LogP contribution in [0.25, 0.3) is 0 Å². The predicted octanol–water partition coefficient (Wildman–Crippen LogP) is 1.81. The van der Waals surface area contributed by atoms with Crippen molar-refractivity contribution in [1.29, 1.82) is 0 Å². The summed E-state index contributed by atoms with van der Waals surface area (Å²) in [5.74, 6) is 12.2. The second-order valence-electron chi connectivity index (χ2n) is 9.56. The van der Waals surface area contributed by atoms with Gasteiger partial charge in [-0.25, -0.2) is 21.5 Å². The zero-order chi connectivity index (χ0) is 23.6. The van der Waals surface area contributed by atoms with Crippen molar-refractivity contribution in [3.8, 4) is 0 Å². The van der Waals surface area contributed by atoms with Gasteiger partial charge in [0.05, 0.1) is 12.2 Å². The fraction of sp³-hybridized carbons (Fsp3) is 0.583. The van der Waals surface area contributed by atoms with E-state index in [0.717, 1.165) is 37.1 Å². The van der Waals surface area contributed by atoms with E-state index in [0.29, 0.717) is 18.5 Å². The van der Waals surface area contributed by atoms with E-state index in [1.807, 2.05) is 18.2 Å². The van der Waals surface area contributed by atoms with Crippen molar-refractivity contribution in [3.05, 3.63) is 41.0 Å². The van der Waals surface area contributed by atoms with Crippen molar-refractivity contribution < 1.29 is 14.3 Å². The molecule has 0 radical (unpaired) electrons. The van der Waals surface area contributed by atoms with E-state index in [1.54, 1.807) is 7.11 Å². The first-order chi connectivity index (χ1) is 15.8. The van der Waals surface area contributed by atoms with Gasteiger partial charge in [-0.15, -0.1) is 0 Å². The fourth-order valence-electron chi connectivity index (χ4n) is 5.23. The summed E-state index contributed by atoms with van der Waals surface area (Å²) >= 11 is 0. The number of anilines is 1. The first-order valence-corrected chi connectivity index (χ1v) is 11.8. The Hall–Kier alpha value is -2.46. The van der Waals surface area contributed by atoms with Gasteiger partial charge in [0.25, 0.3) is 5.91 Å². The first kappa shape index (κ1) is 23.7. The molecule has 1 fully saturated rings. The minimum absolute atomic E-state index is 0.140. The van der Waals surface area contributed by atoms with Gasteiger partial charge in [0, 0.05) is 26.5 Å². The average Bonchev–Trinajstić information content (AvgIpc) is 3.30. The van der Waals surface area contributed by atoms with Crippen molar-refractivity contribution in [2.75, 3.05) is 31.8 Å². The van der Waals surface area contributed by atoms with Crippen molar-refractivity contribution >= 4 is 17.6 Å². The van der Waals surface area contributed by atoms with Crippen LogP contribution in [0.15, 0.2) is 29.8 Å². The lowest BCUT2D eigenvalue weighted by Crippen LogP contribution is -2.56. The highest BCUT2D eigenvalue weighted by atomic mass is 16.5. The number of hydrogen-bond acceptors (Lipinski definition) is 6. The molecule has 9 nitrogen and oxygen atoms in total. The highest BCUT2D eigenvalue weighted by molar-refractivity contribution is 5.93. The molecule has 4 rings (SSSR count). The van der Waals surface area contributed by atoms with E-state index in [4.69, 9.17) is 16.4 Å². The van der Waals surface area contributed by atoms with Gasteiger partial charge < -0.3 is 10.1 Å². The van der Waals surface area contributed by atoms with Crippen LogP contribution >= 0.6 is 0 Å². The molecule has 0 bridgehead atoms. The molecule has 3 aliphatic rings. The molecule has 2 unspecified atom stereocenters. The zero-order valence-electron chi connectivity index (χ0n) is 19.7. The molecular weight excluding hydrogens is 420 g/mol. The van der Waals surface area contributed by atoms with E-state index in [2.05, 4.69) is 23.2 Å². The lowest BCUT2D eigenvalue weighted by molar-refractivity contribution is -0.119. The summed E-state index contributed by atoms with van der Waals surface area (Å²) in [6.07, 6.45) is 8.73. The van der Waals surface area contributed by atoms with Gasteiger partial charge in [0.15, 0.2) is 6.23 Å². The number of ether oxygens (including phenoxy) is 1.